The van der Waals surface area contributed by atoms with E-state index in [0.29, 0.717) is 24.6 Å². The molecule has 1 aliphatic rings. The Labute approximate surface area is 126 Å². The number of nitrogens with zero attached hydrogens (tertiary/aromatic N) is 2. The fraction of sp³-hybridized carbons (Fsp3) is 0.571. The van der Waals surface area contributed by atoms with Gasteiger partial charge in [0.1, 0.15) is 0 Å². The zero-order chi connectivity index (χ0) is 15.5. The SMILES string of the molecule is CCN1CCN(S(=O)(=O)c2ccc(OC)c(OC)c2)CC1. The fourth-order valence-electron chi connectivity index (χ4n) is 2.41. The lowest BCUT2D eigenvalue weighted by atomic mass is 10.3. The van der Waals surface area contributed by atoms with Gasteiger partial charge in [-0.15, -0.1) is 0 Å². The summed E-state index contributed by atoms with van der Waals surface area (Å²) in [7, 11) is -0.462. The molecule has 0 radical (unpaired) electrons. The van der Waals surface area contributed by atoms with E-state index in [0.717, 1.165) is 19.6 Å². The number of likely N-dealkylation sites (N-methyl/N-ethyl adjacent to an activating group) is 1. The van der Waals surface area contributed by atoms with Crippen molar-refractivity contribution in [2.75, 3.05) is 46.9 Å². The maximum atomic E-state index is 12.7. The molecule has 1 heterocycles. The van der Waals surface area contributed by atoms with Crippen molar-refractivity contribution in [3.05, 3.63) is 18.2 Å². The van der Waals surface area contributed by atoms with Crippen LogP contribution in [0.4, 0.5) is 0 Å². The Bertz CT molecular complexity index is 581. The maximum absolute atomic E-state index is 12.7. The molecule has 1 fully saturated rings. The molecule has 6 nitrogen and oxygen atoms in total. The van der Waals surface area contributed by atoms with Crippen LogP contribution in [0.1, 0.15) is 6.92 Å². The summed E-state index contributed by atoms with van der Waals surface area (Å²) in [6, 6.07) is 4.69. The molecule has 1 saturated heterocycles. The van der Waals surface area contributed by atoms with Crippen LogP contribution in [0.5, 0.6) is 11.5 Å². The third-order valence-corrected chi connectivity index (χ3v) is 5.67. The fourth-order valence-corrected chi connectivity index (χ4v) is 3.85. The number of ether oxygens (including phenoxy) is 2. The maximum Gasteiger partial charge on any atom is 0.243 e. The topological polar surface area (TPSA) is 59.1 Å². The highest BCUT2D eigenvalue weighted by Crippen LogP contribution is 2.30. The molecule has 1 aromatic rings. The van der Waals surface area contributed by atoms with Crippen LogP contribution in [0.15, 0.2) is 23.1 Å². The minimum Gasteiger partial charge on any atom is -0.493 e. The van der Waals surface area contributed by atoms with Gasteiger partial charge in [0.25, 0.3) is 0 Å². The van der Waals surface area contributed by atoms with E-state index in [2.05, 4.69) is 11.8 Å². The van der Waals surface area contributed by atoms with Gasteiger partial charge in [-0.1, -0.05) is 6.92 Å². The van der Waals surface area contributed by atoms with Gasteiger partial charge in [0.15, 0.2) is 11.5 Å². The van der Waals surface area contributed by atoms with Gasteiger partial charge < -0.3 is 14.4 Å². The summed E-state index contributed by atoms with van der Waals surface area (Å²) in [5, 5.41) is 0. The van der Waals surface area contributed by atoms with Gasteiger partial charge in [-0.2, -0.15) is 4.31 Å². The molecule has 1 aromatic carbocycles. The third-order valence-electron chi connectivity index (χ3n) is 3.77. The minimum absolute atomic E-state index is 0.241. The number of methoxy groups -OCH3 is 2. The van der Waals surface area contributed by atoms with Gasteiger partial charge in [0.05, 0.1) is 19.1 Å². The summed E-state index contributed by atoms with van der Waals surface area (Å²) >= 11 is 0. The molecule has 2 rings (SSSR count). The quantitative estimate of drug-likeness (QED) is 0.812. The number of benzene rings is 1. The van der Waals surface area contributed by atoms with Crippen LogP contribution < -0.4 is 9.47 Å². The predicted octanol–water partition coefficient (Wildman–Crippen LogP) is 1.03. The molecule has 0 saturated carbocycles. The normalized spacial score (nSPS) is 17.7. The zero-order valence-corrected chi connectivity index (χ0v) is 13.5. The van der Waals surface area contributed by atoms with Crippen LogP contribution in [-0.4, -0.2) is 64.6 Å². The first kappa shape index (κ1) is 16.1. The Hall–Kier alpha value is -1.31. The Kier molecular flexibility index (Phi) is 5.08. The standard InChI is InChI=1S/C14H22N2O4S/c1-4-15-7-9-16(10-8-15)21(17,18)12-5-6-13(19-2)14(11-12)20-3/h5-6,11H,4,7-10H2,1-3H3. The van der Waals surface area contributed by atoms with Crippen molar-refractivity contribution in [1.82, 2.24) is 9.21 Å². The van der Waals surface area contributed by atoms with Crippen LogP contribution in [-0.2, 0) is 10.0 Å². The molecule has 7 heteroatoms. The van der Waals surface area contributed by atoms with Crippen molar-refractivity contribution in [3.63, 3.8) is 0 Å². The number of hydrogen-bond acceptors (Lipinski definition) is 5. The Morgan fingerprint density at radius 2 is 1.67 bits per heavy atom. The zero-order valence-electron chi connectivity index (χ0n) is 12.7. The molecule has 0 amide bonds. The van der Waals surface area contributed by atoms with E-state index < -0.39 is 10.0 Å². The molecule has 0 aliphatic carbocycles. The monoisotopic (exact) mass is 314 g/mol. The first-order valence-corrected chi connectivity index (χ1v) is 8.41. The van der Waals surface area contributed by atoms with Gasteiger partial charge in [-0.25, -0.2) is 8.42 Å². The van der Waals surface area contributed by atoms with Crippen LogP contribution in [0, 0.1) is 0 Å². The molecule has 118 valence electrons. The van der Waals surface area contributed by atoms with E-state index >= 15 is 0 Å². The highest BCUT2D eigenvalue weighted by molar-refractivity contribution is 7.89. The van der Waals surface area contributed by atoms with E-state index in [-0.39, 0.29) is 4.90 Å². The second-order valence-electron chi connectivity index (χ2n) is 4.86. The number of hydrogen-bond donors (Lipinski definition) is 0. The van der Waals surface area contributed by atoms with Gasteiger partial charge in [0.2, 0.25) is 10.0 Å². The van der Waals surface area contributed by atoms with Crippen LogP contribution in [0.3, 0.4) is 0 Å². The van der Waals surface area contributed by atoms with E-state index in [1.165, 1.54) is 24.6 Å². The average Bonchev–Trinajstić information content (AvgIpc) is 2.54. The summed E-state index contributed by atoms with van der Waals surface area (Å²) in [6.45, 7) is 5.60. The molecule has 0 bridgehead atoms. The highest BCUT2D eigenvalue weighted by atomic mass is 32.2. The summed E-state index contributed by atoms with van der Waals surface area (Å²) in [5.74, 6) is 0.943. The van der Waals surface area contributed by atoms with E-state index in [9.17, 15) is 8.42 Å². The largest absolute Gasteiger partial charge is 0.493 e. The molecule has 0 spiro atoms. The smallest absolute Gasteiger partial charge is 0.243 e. The second-order valence-corrected chi connectivity index (χ2v) is 6.79. The van der Waals surface area contributed by atoms with Crippen molar-refractivity contribution in [2.24, 2.45) is 0 Å². The van der Waals surface area contributed by atoms with Crippen LogP contribution in [0.2, 0.25) is 0 Å². The molecule has 21 heavy (non-hydrogen) atoms. The van der Waals surface area contributed by atoms with Gasteiger partial charge in [0, 0.05) is 32.2 Å². The molecule has 0 atom stereocenters. The van der Waals surface area contributed by atoms with E-state index in [1.54, 1.807) is 12.1 Å². The van der Waals surface area contributed by atoms with Crippen LogP contribution >= 0.6 is 0 Å². The van der Waals surface area contributed by atoms with Crippen molar-refractivity contribution in [1.29, 1.82) is 0 Å². The summed E-state index contributed by atoms with van der Waals surface area (Å²) < 4.78 is 37.2. The molecule has 0 aromatic heterocycles. The van der Waals surface area contributed by atoms with Crippen molar-refractivity contribution in [3.8, 4) is 11.5 Å². The molecular weight excluding hydrogens is 292 g/mol. The number of rotatable bonds is 5. The molecule has 0 N–H and O–H groups in total. The predicted molar refractivity (Wildman–Crippen MR) is 80.4 cm³/mol. The molecular formula is C14H22N2O4S. The average molecular weight is 314 g/mol. The van der Waals surface area contributed by atoms with Gasteiger partial charge >= 0.3 is 0 Å². The second kappa shape index (κ2) is 6.64. The van der Waals surface area contributed by atoms with Gasteiger partial charge in [-0.3, -0.25) is 0 Å². The van der Waals surface area contributed by atoms with E-state index in [1.807, 2.05) is 0 Å². The summed E-state index contributed by atoms with van der Waals surface area (Å²) in [6.07, 6.45) is 0. The first-order chi connectivity index (χ1) is 10.0. The number of sulfonamides is 1. The summed E-state index contributed by atoms with van der Waals surface area (Å²) in [5.41, 5.74) is 0. The lowest BCUT2D eigenvalue weighted by molar-refractivity contribution is 0.196. The molecule has 0 unspecified atom stereocenters. The Morgan fingerprint density at radius 1 is 1.05 bits per heavy atom. The highest BCUT2D eigenvalue weighted by Gasteiger charge is 2.28. The van der Waals surface area contributed by atoms with E-state index in [4.69, 9.17) is 9.47 Å². The van der Waals surface area contributed by atoms with Crippen molar-refractivity contribution < 1.29 is 17.9 Å². The van der Waals surface area contributed by atoms with Crippen molar-refractivity contribution in [2.45, 2.75) is 11.8 Å². The van der Waals surface area contributed by atoms with Gasteiger partial charge in [-0.05, 0) is 18.7 Å². The lowest BCUT2D eigenvalue weighted by Gasteiger charge is -2.33. The summed E-state index contributed by atoms with van der Waals surface area (Å²) in [4.78, 5) is 2.48. The first-order valence-electron chi connectivity index (χ1n) is 6.97. The Morgan fingerprint density at radius 3 is 2.19 bits per heavy atom. The van der Waals surface area contributed by atoms with Crippen LogP contribution in [0.25, 0.3) is 0 Å². The molecule has 1 aliphatic heterocycles. The number of piperazine rings is 1. The lowest BCUT2D eigenvalue weighted by Crippen LogP contribution is -2.48. The third kappa shape index (κ3) is 3.30. The Balaban J connectivity index is 2.24. The van der Waals surface area contributed by atoms with Crippen molar-refractivity contribution >= 4 is 10.0 Å². The minimum atomic E-state index is -3.48.